The average molecular weight is 528 g/mol. The minimum absolute atomic E-state index is 0.183. The predicted octanol–water partition coefficient (Wildman–Crippen LogP) is 7.29. The second-order valence-electron chi connectivity index (χ2n) is 6.83. The largest absolute Gasteiger partial charge is 0.438 e. The first-order valence-corrected chi connectivity index (χ1v) is 10.6. The number of benzene rings is 2. The molecule has 2 heterocycles. The maximum atomic E-state index is 12.7. The van der Waals surface area contributed by atoms with Gasteiger partial charge in [-0.15, -0.1) is 0 Å². The number of aromatic nitrogens is 3. The highest BCUT2D eigenvalue weighted by molar-refractivity contribution is 6.40. The Bertz CT molecular complexity index is 1340. The second kappa shape index (κ2) is 9.54. The van der Waals surface area contributed by atoms with E-state index >= 15 is 0 Å². The quantitative estimate of drug-likeness (QED) is 0.296. The molecule has 4 rings (SSSR count). The van der Waals surface area contributed by atoms with Crippen LogP contribution in [0.5, 0.6) is 11.6 Å². The van der Waals surface area contributed by atoms with Gasteiger partial charge in [0.15, 0.2) is 10.3 Å². The van der Waals surface area contributed by atoms with Crippen molar-refractivity contribution in [2.45, 2.75) is 6.18 Å². The van der Waals surface area contributed by atoms with Crippen molar-refractivity contribution in [3.05, 3.63) is 93.6 Å². The van der Waals surface area contributed by atoms with E-state index in [1.807, 2.05) is 0 Å². The molecule has 174 valence electrons. The number of carbonyl (C=O) groups is 1. The first-order valence-electron chi connectivity index (χ1n) is 9.42. The number of ether oxygens (including phenoxy) is 1. The van der Waals surface area contributed by atoms with Crippen molar-refractivity contribution < 1.29 is 22.7 Å². The highest BCUT2D eigenvalue weighted by atomic mass is 35.5. The van der Waals surface area contributed by atoms with Crippen LogP contribution in [0.25, 0.3) is 5.69 Å². The number of amides is 1. The Labute approximate surface area is 205 Å². The number of nitrogens with zero attached hydrogens (tertiary/aromatic N) is 3. The van der Waals surface area contributed by atoms with Crippen LogP contribution in [0.2, 0.25) is 15.3 Å². The van der Waals surface area contributed by atoms with Gasteiger partial charge in [0, 0.05) is 23.1 Å². The summed E-state index contributed by atoms with van der Waals surface area (Å²) in [6, 6.07) is 13.5. The Morgan fingerprint density at radius 2 is 1.65 bits per heavy atom. The molecule has 0 fully saturated rings. The summed E-state index contributed by atoms with van der Waals surface area (Å²) in [5.41, 5.74) is 0.589. The number of imidazole rings is 1. The van der Waals surface area contributed by atoms with Gasteiger partial charge >= 0.3 is 6.18 Å². The normalized spacial score (nSPS) is 11.4. The summed E-state index contributed by atoms with van der Waals surface area (Å²) in [6.07, 6.45) is -2.45. The topological polar surface area (TPSA) is 69.0 Å². The fourth-order valence-electron chi connectivity index (χ4n) is 2.84. The second-order valence-corrected chi connectivity index (χ2v) is 7.96. The molecule has 4 aromatic rings. The third-order valence-corrected chi connectivity index (χ3v) is 5.54. The summed E-state index contributed by atoms with van der Waals surface area (Å²) >= 11 is 17.8. The minimum Gasteiger partial charge on any atom is -0.438 e. The number of carbonyl (C=O) groups excluding carboxylic acids is 1. The number of pyridine rings is 1. The Morgan fingerprint density at radius 1 is 0.971 bits per heavy atom. The summed E-state index contributed by atoms with van der Waals surface area (Å²) in [7, 11) is 0. The molecule has 0 aliphatic heterocycles. The Kier molecular flexibility index (Phi) is 6.70. The molecule has 1 amide bonds. The maximum Gasteiger partial charge on any atom is 0.417 e. The Morgan fingerprint density at radius 3 is 2.21 bits per heavy atom. The zero-order chi connectivity index (χ0) is 24.5. The fourth-order valence-corrected chi connectivity index (χ4v) is 3.37. The lowest BCUT2D eigenvalue weighted by atomic mass is 10.2. The lowest BCUT2D eigenvalue weighted by Crippen LogP contribution is -2.11. The number of rotatable bonds is 5. The summed E-state index contributed by atoms with van der Waals surface area (Å²) in [5.74, 6) is -0.328. The Balaban J connectivity index is 1.41. The van der Waals surface area contributed by atoms with E-state index in [-0.39, 0.29) is 32.9 Å². The van der Waals surface area contributed by atoms with Crippen LogP contribution >= 0.6 is 34.8 Å². The predicted molar refractivity (Wildman–Crippen MR) is 122 cm³/mol. The summed E-state index contributed by atoms with van der Waals surface area (Å²) < 4.78 is 45.2. The molecule has 1 N–H and O–H groups in total. The monoisotopic (exact) mass is 526 g/mol. The summed E-state index contributed by atoms with van der Waals surface area (Å²) in [4.78, 5) is 20.1. The molecule has 0 atom stereocenters. The van der Waals surface area contributed by atoms with Gasteiger partial charge in [0.25, 0.3) is 5.91 Å². The van der Waals surface area contributed by atoms with Crippen molar-refractivity contribution in [3.63, 3.8) is 0 Å². The molecule has 0 radical (unpaired) electrons. The number of hydrogen-bond donors (Lipinski definition) is 1. The SMILES string of the molecule is O=C(Nc1ccc(-n2cnc(Cl)c2Cl)cc1)c1ccc(Oc2ncc(C(F)(F)F)cc2Cl)cc1. The van der Waals surface area contributed by atoms with E-state index in [0.717, 1.165) is 6.07 Å². The van der Waals surface area contributed by atoms with Gasteiger partial charge in [-0.05, 0) is 54.6 Å². The molecule has 0 unspecified atom stereocenters. The fraction of sp³-hybridized carbons (Fsp3) is 0.0455. The van der Waals surface area contributed by atoms with Gasteiger partial charge < -0.3 is 10.1 Å². The molecule has 34 heavy (non-hydrogen) atoms. The van der Waals surface area contributed by atoms with Crippen LogP contribution in [0.15, 0.2) is 67.1 Å². The molecule has 2 aromatic carbocycles. The van der Waals surface area contributed by atoms with Gasteiger partial charge in [-0.3, -0.25) is 9.36 Å². The third kappa shape index (κ3) is 5.27. The lowest BCUT2D eigenvalue weighted by Gasteiger charge is -2.11. The van der Waals surface area contributed by atoms with Crippen LogP contribution in [0.1, 0.15) is 15.9 Å². The molecule has 0 saturated carbocycles. The third-order valence-electron chi connectivity index (χ3n) is 4.54. The van der Waals surface area contributed by atoms with Crippen LogP contribution in [0, 0.1) is 0 Å². The van der Waals surface area contributed by atoms with E-state index in [9.17, 15) is 18.0 Å². The highest BCUT2D eigenvalue weighted by Crippen LogP contribution is 2.34. The first-order chi connectivity index (χ1) is 16.1. The molecular weight excluding hydrogens is 516 g/mol. The van der Waals surface area contributed by atoms with E-state index in [2.05, 4.69) is 15.3 Å². The van der Waals surface area contributed by atoms with Gasteiger partial charge in [0.05, 0.1) is 5.56 Å². The molecule has 0 aliphatic rings. The zero-order valence-electron chi connectivity index (χ0n) is 16.8. The lowest BCUT2D eigenvalue weighted by molar-refractivity contribution is -0.137. The number of hydrogen-bond acceptors (Lipinski definition) is 4. The molecule has 6 nitrogen and oxygen atoms in total. The van der Waals surface area contributed by atoms with Crippen molar-refractivity contribution in [1.82, 2.24) is 14.5 Å². The smallest absolute Gasteiger partial charge is 0.417 e. The number of nitrogens with one attached hydrogen (secondary N) is 1. The van der Waals surface area contributed by atoms with Crippen LogP contribution in [0.3, 0.4) is 0 Å². The highest BCUT2D eigenvalue weighted by Gasteiger charge is 2.31. The van der Waals surface area contributed by atoms with E-state index in [1.54, 1.807) is 28.8 Å². The standard InChI is InChI=1S/C22H12Cl3F3N4O2/c23-17-9-13(22(26,27)28)10-29-21(17)34-16-7-1-12(2-8-16)20(33)31-14-3-5-15(6-4-14)32-11-30-18(24)19(32)25/h1-11H,(H,31,33). The van der Waals surface area contributed by atoms with Crippen molar-refractivity contribution in [1.29, 1.82) is 0 Å². The van der Waals surface area contributed by atoms with E-state index < -0.39 is 11.7 Å². The molecule has 0 aliphatic carbocycles. The molecule has 12 heteroatoms. The van der Waals surface area contributed by atoms with Gasteiger partial charge in [0.2, 0.25) is 5.88 Å². The van der Waals surface area contributed by atoms with Crippen LogP contribution in [-0.2, 0) is 6.18 Å². The van der Waals surface area contributed by atoms with Crippen molar-refractivity contribution >= 4 is 46.4 Å². The van der Waals surface area contributed by atoms with Gasteiger partial charge in [-0.1, -0.05) is 34.8 Å². The first kappa shape index (κ1) is 23.9. The van der Waals surface area contributed by atoms with Crippen molar-refractivity contribution in [3.8, 4) is 17.3 Å². The summed E-state index contributed by atoms with van der Waals surface area (Å²) in [5, 5.41) is 2.91. The molecule has 0 spiro atoms. The van der Waals surface area contributed by atoms with Crippen LogP contribution in [0.4, 0.5) is 18.9 Å². The van der Waals surface area contributed by atoms with E-state index in [1.165, 1.54) is 30.6 Å². The summed E-state index contributed by atoms with van der Waals surface area (Å²) in [6.45, 7) is 0. The van der Waals surface area contributed by atoms with Crippen molar-refractivity contribution in [2.24, 2.45) is 0 Å². The van der Waals surface area contributed by atoms with E-state index in [4.69, 9.17) is 39.5 Å². The molecule has 0 bridgehead atoms. The van der Waals surface area contributed by atoms with E-state index in [0.29, 0.717) is 23.1 Å². The number of halogens is 6. The average Bonchev–Trinajstić information content (AvgIpc) is 3.13. The minimum atomic E-state index is -4.56. The number of alkyl halides is 3. The van der Waals surface area contributed by atoms with Gasteiger partial charge in [0.1, 0.15) is 17.1 Å². The zero-order valence-corrected chi connectivity index (χ0v) is 19.0. The van der Waals surface area contributed by atoms with Crippen LogP contribution in [-0.4, -0.2) is 20.4 Å². The van der Waals surface area contributed by atoms with Gasteiger partial charge in [-0.2, -0.15) is 13.2 Å². The number of anilines is 1. The molecule has 0 saturated heterocycles. The molecular formula is C22H12Cl3F3N4O2. The maximum absolute atomic E-state index is 12.7. The van der Waals surface area contributed by atoms with Crippen molar-refractivity contribution in [2.75, 3.05) is 5.32 Å². The molecule has 2 aromatic heterocycles. The Hall–Kier alpha value is -3.27. The van der Waals surface area contributed by atoms with Gasteiger partial charge in [-0.25, -0.2) is 9.97 Å². The van der Waals surface area contributed by atoms with Crippen LogP contribution < -0.4 is 10.1 Å².